The molecular weight excluding hydrogens is 270 g/mol. The molecule has 1 aromatic carbocycles. The Kier molecular flexibility index (Phi) is 4.22. The van der Waals surface area contributed by atoms with Gasteiger partial charge in [0.05, 0.1) is 6.57 Å². The van der Waals surface area contributed by atoms with E-state index in [0.29, 0.717) is 5.92 Å². The van der Waals surface area contributed by atoms with Crippen LogP contribution in [-0.4, -0.2) is 28.6 Å². The van der Waals surface area contributed by atoms with Crippen molar-refractivity contribution in [2.45, 2.75) is 45.1 Å². The molecule has 3 heteroatoms. The number of fused-ring (bicyclic) bond motifs is 1. The molecule has 1 fully saturated rings. The van der Waals surface area contributed by atoms with Crippen molar-refractivity contribution in [2.24, 2.45) is 7.05 Å². The van der Waals surface area contributed by atoms with Crippen LogP contribution < -0.4 is 0 Å². The van der Waals surface area contributed by atoms with E-state index in [0.717, 1.165) is 24.8 Å². The van der Waals surface area contributed by atoms with E-state index in [1.165, 1.54) is 35.7 Å². The SMILES string of the molecule is [C-]#[N+]c1ccc2c(c1)c(C1CCC(N(CC)CC)C1)cn2C. The molecule has 1 aliphatic carbocycles. The molecule has 1 heterocycles. The van der Waals surface area contributed by atoms with E-state index in [1.54, 1.807) is 0 Å². The molecule has 2 aromatic rings. The first kappa shape index (κ1) is 15.1. The van der Waals surface area contributed by atoms with Gasteiger partial charge in [-0.1, -0.05) is 19.9 Å². The maximum atomic E-state index is 7.26. The summed E-state index contributed by atoms with van der Waals surface area (Å²) in [6, 6.07) is 6.80. The third-order valence-corrected chi connectivity index (χ3v) is 5.31. The monoisotopic (exact) mass is 295 g/mol. The molecule has 2 atom stereocenters. The molecule has 2 unspecified atom stereocenters. The fraction of sp³-hybridized carbons (Fsp3) is 0.526. The molecule has 3 nitrogen and oxygen atoms in total. The van der Waals surface area contributed by atoms with Gasteiger partial charge in [0.2, 0.25) is 0 Å². The molecule has 1 aliphatic rings. The highest BCUT2D eigenvalue weighted by atomic mass is 15.1. The number of aromatic nitrogens is 1. The van der Waals surface area contributed by atoms with Crippen LogP contribution in [0.5, 0.6) is 0 Å². The maximum absolute atomic E-state index is 7.26. The minimum absolute atomic E-state index is 0.635. The van der Waals surface area contributed by atoms with Gasteiger partial charge in [0.15, 0.2) is 5.69 Å². The Balaban J connectivity index is 1.93. The summed E-state index contributed by atoms with van der Waals surface area (Å²) in [5.74, 6) is 0.635. The molecule has 22 heavy (non-hydrogen) atoms. The van der Waals surface area contributed by atoms with Crippen molar-refractivity contribution in [3.63, 3.8) is 0 Å². The number of nitrogens with zero attached hydrogens (tertiary/aromatic N) is 3. The van der Waals surface area contributed by atoms with Gasteiger partial charge in [-0.2, -0.15) is 0 Å². The van der Waals surface area contributed by atoms with E-state index in [-0.39, 0.29) is 0 Å². The quantitative estimate of drug-likeness (QED) is 0.744. The van der Waals surface area contributed by atoms with Gasteiger partial charge < -0.3 is 9.47 Å². The highest BCUT2D eigenvalue weighted by Gasteiger charge is 2.30. The van der Waals surface area contributed by atoms with Gasteiger partial charge in [0.25, 0.3) is 0 Å². The summed E-state index contributed by atoms with van der Waals surface area (Å²) in [6.45, 7) is 14.1. The third kappa shape index (κ3) is 2.53. The van der Waals surface area contributed by atoms with Crippen LogP contribution in [0.15, 0.2) is 24.4 Å². The highest BCUT2D eigenvalue weighted by Crippen LogP contribution is 2.41. The minimum Gasteiger partial charge on any atom is -0.350 e. The number of aryl methyl sites for hydroxylation is 1. The van der Waals surface area contributed by atoms with Crippen LogP contribution in [0.3, 0.4) is 0 Å². The van der Waals surface area contributed by atoms with Crippen LogP contribution in [-0.2, 0) is 7.05 Å². The number of benzene rings is 1. The summed E-state index contributed by atoms with van der Waals surface area (Å²) in [6.07, 6.45) is 6.10. The van der Waals surface area contributed by atoms with Crippen LogP contribution >= 0.6 is 0 Å². The molecule has 0 saturated heterocycles. The predicted octanol–water partition coefficient (Wildman–Crippen LogP) is 4.71. The van der Waals surface area contributed by atoms with Crippen LogP contribution in [0.4, 0.5) is 5.69 Å². The summed E-state index contributed by atoms with van der Waals surface area (Å²) >= 11 is 0. The van der Waals surface area contributed by atoms with Gasteiger partial charge in [-0.25, -0.2) is 4.85 Å². The van der Waals surface area contributed by atoms with Crippen LogP contribution in [0.2, 0.25) is 0 Å². The lowest BCUT2D eigenvalue weighted by molar-refractivity contribution is 0.219. The number of rotatable bonds is 4. The molecule has 1 aromatic heterocycles. The molecule has 0 amide bonds. The van der Waals surface area contributed by atoms with E-state index >= 15 is 0 Å². The predicted molar refractivity (Wildman–Crippen MR) is 92.5 cm³/mol. The van der Waals surface area contributed by atoms with E-state index in [2.05, 4.69) is 53.5 Å². The Hall–Kier alpha value is -1.79. The first-order valence-electron chi connectivity index (χ1n) is 8.38. The van der Waals surface area contributed by atoms with Gasteiger partial charge in [-0.05, 0) is 61.4 Å². The van der Waals surface area contributed by atoms with Crippen molar-refractivity contribution >= 4 is 16.6 Å². The largest absolute Gasteiger partial charge is 0.350 e. The van der Waals surface area contributed by atoms with Gasteiger partial charge in [0, 0.05) is 24.8 Å². The Morgan fingerprint density at radius 2 is 2.05 bits per heavy atom. The number of hydrogen-bond donors (Lipinski definition) is 0. The molecule has 0 aliphatic heterocycles. The molecule has 3 rings (SSSR count). The van der Waals surface area contributed by atoms with Gasteiger partial charge in [-0.3, -0.25) is 0 Å². The van der Waals surface area contributed by atoms with Crippen molar-refractivity contribution < 1.29 is 0 Å². The summed E-state index contributed by atoms with van der Waals surface area (Å²) in [7, 11) is 2.11. The molecular formula is C19H25N3. The fourth-order valence-corrected chi connectivity index (χ4v) is 4.12. The first-order chi connectivity index (χ1) is 10.7. The van der Waals surface area contributed by atoms with E-state index < -0.39 is 0 Å². The second-order valence-corrected chi connectivity index (χ2v) is 6.39. The van der Waals surface area contributed by atoms with Crippen molar-refractivity contribution in [3.8, 4) is 0 Å². The minimum atomic E-state index is 0.635. The molecule has 0 spiro atoms. The number of hydrogen-bond acceptors (Lipinski definition) is 1. The molecule has 0 N–H and O–H groups in total. The third-order valence-electron chi connectivity index (χ3n) is 5.31. The average Bonchev–Trinajstić information content (AvgIpc) is 3.14. The molecule has 116 valence electrons. The first-order valence-corrected chi connectivity index (χ1v) is 8.38. The van der Waals surface area contributed by atoms with Crippen molar-refractivity contribution in [2.75, 3.05) is 13.1 Å². The van der Waals surface area contributed by atoms with Gasteiger partial charge in [0.1, 0.15) is 0 Å². The zero-order valence-electron chi connectivity index (χ0n) is 13.8. The Bertz CT molecular complexity index is 703. The zero-order chi connectivity index (χ0) is 15.7. The second kappa shape index (κ2) is 6.14. The second-order valence-electron chi connectivity index (χ2n) is 6.39. The van der Waals surface area contributed by atoms with Crippen LogP contribution in [0.1, 0.15) is 44.6 Å². The van der Waals surface area contributed by atoms with Crippen molar-refractivity contribution in [1.82, 2.24) is 9.47 Å². The smallest absolute Gasteiger partial charge is 0.187 e. The summed E-state index contributed by atoms with van der Waals surface area (Å²) in [4.78, 5) is 6.19. The van der Waals surface area contributed by atoms with Crippen LogP contribution in [0.25, 0.3) is 15.7 Å². The van der Waals surface area contributed by atoms with E-state index in [1.807, 2.05) is 6.07 Å². The zero-order valence-corrected chi connectivity index (χ0v) is 13.8. The van der Waals surface area contributed by atoms with E-state index in [4.69, 9.17) is 6.57 Å². The van der Waals surface area contributed by atoms with Crippen LogP contribution in [0, 0.1) is 6.57 Å². The summed E-state index contributed by atoms with van der Waals surface area (Å²) in [5, 5.41) is 1.28. The van der Waals surface area contributed by atoms with Gasteiger partial charge in [-0.15, -0.1) is 0 Å². The molecule has 0 radical (unpaired) electrons. The molecule has 1 saturated carbocycles. The standard InChI is InChI=1S/C19H25N3/c1-5-22(6-2)16-9-7-14(11-16)18-13-21(4)19-10-8-15(20-3)12-17(18)19/h8,10,12-14,16H,5-7,9,11H2,1-2,4H3. The topological polar surface area (TPSA) is 12.5 Å². The lowest BCUT2D eigenvalue weighted by Gasteiger charge is -2.26. The summed E-state index contributed by atoms with van der Waals surface area (Å²) < 4.78 is 2.21. The Labute approximate surface area is 133 Å². The Morgan fingerprint density at radius 1 is 1.27 bits per heavy atom. The Morgan fingerprint density at radius 3 is 2.73 bits per heavy atom. The lowest BCUT2D eigenvalue weighted by Crippen LogP contribution is -2.32. The van der Waals surface area contributed by atoms with Crippen molar-refractivity contribution in [3.05, 3.63) is 41.4 Å². The maximum Gasteiger partial charge on any atom is 0.187 e. The van der Waals surface area contributed by atoms with E-state index in [9.17, 15) is 0 Å². The summed E-state index contributed by atoms with van der Waals surface area (Å²) in [5.41, 5.74) is 3.43. The van der Waals surface area contributed by atoms with Gasteiger partial charge >= 0.3 is 0 Å². The normalized spacial score (nSPS) is 21.6. The highest BCUT2D eigenvalue weighted by molar-refractivity contribution is 5.87. The average molecular weight is 295 g/mol. The van der Waals surface area contributed by atoms with Crippen molar-refractivity contribution in [1.29, 1.82) is 0 Å². The fourth-order valence-electron chi connectivity index (χ4n) is 4.12. The lowest BCUT2D eigenvalue weighted by atomic mass is 9.96. The molecule has 0 bridgehead atoms.